The molecule has 1 aromatic carbocycles. The molecule has 1 aliphatic rings. The van der Waals surface area contributed by atoms with Crippen molar-refractivity contribution in [2.75, 3.05) is 0 Å². The van der Waals surface area contributed by atoms with E-state index < -0.39 is 16.4 Å². The Morgan fingerprint density at radius 2 is 2.26 bits per heavy atom. The van der Waals surface area contributed by atoms with Crippen molar-refractivity contribution in [1.82, 2.24) is 0 Å². The highest BCUT2D eigenvalue weighted by Crippen LogP contribution is 2.34. The molecule has 1 aromatic rings. The third-order valence-corrected chi connectivity index (χ3v) is 5.00. The minimum Gasteiger partial charge on any atom is -0.258 e. The Kier molecular flexibility index (Phi) is 4.80. The molecule has 0 bridgehead atoms. The lowest BCUT2D eigenvalue weighted by Gasteiger charge is -2.26. The normalized spacial score (nSPS) is 23.3. The van der Waals surface area contributed by atoms with Crippen LogP contribution < -0.4 is 0 Å². The van der Waals surface area contributed by atoms with Gasteiger partial charge in [-0.2, -0.15) is 16.2 Å². The van der Waals surface area contributed by atoms with Gasteiger partial charge in [0.05, 0.1) is 4.92 Å². The van der Waals surface area contributed by atoms with Crippen molar-refractivity contribution < 1.29 is 9.31 Å². The fourth-order valence-corrected chi connectivity index (χ4v) is 3.99. The van der Waals surface area contributed by atoms with Crippen molar-refractivity contribution in [3.63, 3.8) is 0 Å². The number of hydrogen-bond donors (Lipinski definition) is 0. The molecule has 5 heteroatoms. The fraction of sp³-hybridized carbons (Fsp3) is 0.571. The van der Waals surface area contributed by atoms with E-state index in [1.165, 1.54) is 31.7 Å². The molecule has 1 fully saturated rings. The molecule has 0 radical (unpaired) electrons. The highest BCUT2D eigenvalue weighted by molar-refractivity contribution is 7.99. The molecule has 1 saturated carbocycles. The van der Waals surface area contributed by atoms with Gasteiger partial charge < -0.3 is 0 Å². The van der Waals surface area contributed by atoms with Crippen LogP contribution in [0.3, 0.4) is 0 Å². The van der Waals surface area contributed by atoms with E-state index in [4.69, 9.17) is 0 Å². The summed E-state index contributed by atoms with van der Waals surface area (Å²) in [6.07, 6.45) is 4.85. The van der Waals surface area contributed by atoms with Gasteiger partial charge in [-0.05, 0) is 18.8 Å². The minimum atomic E-state index is -0.677. The summed E-state index contributed by atoms with van der Waals surface area (Å²) in [5, 5.41) is 11.2. The van der Waals surface area contributed by atoms with Crippen LogP contribution in [0.15, 0.2) is 18.2 Å². The summed E-state index contributed by atoms with van der Waals surface area (Å²) in [5.41, 5.74) is 0.0209. The molecule has 1 aliphatic carbocycles. The molecular formula is C14H18FNO2S. The molecule has 0 aromatic heterocycles. The van der Waals surface area contributed by atoms with E-state index in [2.05, 4.69) is 6.92 Å². The molecule has 2 rings (SSSR count). The third-order valence-electron chi connectivity index (χ3n) is 3.62. The van der Waals surface area contributed by atoms with Crippen LogP contribution in [0.4, 0.5) is 10.1 Å². The molecular weight excluding hydrogens is 265 g/mol. The van der Waals surface area contributed by atoms with Gasteiger partial charge in [0.2, 0.25) is 5.82 Å². The van der Waals surface area contributed by atoms with Crippen LogP contribution in [0.5, 0.6) is 0 Å². The van der Waals surface area contributed by atoms with E-state index in [9.17, 15) is 14.5 Å². The summed E-state index contributed by atoms with van der Waals surface area (Å²) >= 11 is 1.73. The van der Waals surface area contributed by atoms with E-state index in [0.29, 0.717) is 16.6 Å². The Bertz CT molecular complexity index is 467. The second kappa shape index (κ2) is 6.37. The van der Waals surface area contributed by atoms with Crippen LogP contribution in [-0.4, -0.2) is 10.2 Å². The lowest BCUT2D eigenvalue weighted by molar-refractivity contribution is -0.387. The Morgan fingerprint density at radius 1 is 1.47 bits per heavy atom. The second-order valence-corrected chi connectivity index (χ2v) is 6.50. The fourth-order valence-electron chi connectivity index (χ4n) is 2.56. The first-order valence-corrected chi connectivity index (χ1v) is 7.66. The molecule has 0 N–H and O–H groups in total. The quantitative estimate of drug-likeness (QED) is 0.601. The monoisotopic (exact) mass is 283 g/mol. The van der Waals surface area contributed by atoms with E-state index in [-0.39, 0.29) is 0 Å². The van der Waals surface area contributed by atoms with Crippen LogP contribution in [0.25, 0.3) is 0 Å². The van der Waals surface area contributed by atoms with E-state index >= 15 is 0 Å². The van der Waals surface area contributed by atoms with Crippen LogP contribution in [0.1, 0.15) is 38.2 Å². The van der Waals surface area contributed by atoms with Gasteiger partial charge in [-0.15, -0.1) is 0 Å². The summed E-state index contributed by atoms with van der Waals surface area (Å²) in [6, 6.07) is 4.41. The van der Waals surface area contributed by atoms with Crippen molar-refractivity contribution in [3.8, 4) is 0 Å². The molecule has 19 heavy (non-hydrogen) atoms. The maximum Gasteiger partial charge on any atom is 0.305 e. The number of thioether (sulfide) groups is 1. The number of nitrogens with zero attached hydrogens (tertiary/aromatic N) is 1. The number of halogens is 1. The zero-order chi connectivity index (χ0) is 13.8. The van der Waals surface area contributed by atoms with Crippen molar-refractivity contribution >= 4 is 17.4 Å². The van der Waals surface area contributed by atoms with Crippen LogP contribution in [0.2, 0.25) is 0 Å². The highest BCUT2D eigenvalue weighted by Gasteiger charge is 2.21. The summed E-state index contributed by atoms with van der Waals surface area (Å²) < 4.78 is 13.9. The number of nitro groups is 1. The number of nitro benzene ring substituents is 1. The molecule has 0 aliphatic heterocycles. The number of rotatable bonds is 4. The number of hydrogen-bond acceptors (Lipinski definition) is 3. The molecule has 0 amide bonds. The Balaban J connectivity index is 1.99. The lowest BCUT2D eigenvalue weighted by atomic mass is 9.91. The summed E-state index contributed by atoms with van der Waals surface area (Å²) in [7, 11) is 0. The molecule has 2 unspecified atom stereocenters. The Labute approximate surface area is 116 Å². The van der Waals surface area contributed by atoms with Crippen LogP contribution in [0, 0.1) is 21.8 Å². The van der Waals surface area contributed by atoms with Crippen molar-refractivity contribution in [2.45, 2.75) is 43.6 Å². The summed E-state index contributed by atoms with van der Waals surface area (Å²) in [4.78, 5) is 10.0. The Hall–Kier alpha value is -1.10. The molecule has 0 spiro atoms. The van der Waals surface area contributed by atoms with E-state index in [0.717, 1.165) is 5.92 Å². The van der Waals surface area contributed by atoms with E-state index in [1.54, 1.807) is 23.9 Å². The van der Waals surface area contributed by atoms with Crippen LogP contribution >= 0.6 is 11.8 Å². The number of benzene rings is 1. The van der Waals surface area contributed by atoms with Gasteiger partial charge >= 0.3 is 5.69 Å². The average molecular weight is 283 g/mol. The maximum absolute atomic E-state index is 13.9. The third kappa shape index (κ3) is 3.69. The maximum atomic E-state index is 13.9. The van der Waals surface area contributed by atoms with Gasteiger partial charge in [0.1, 0.15) is 0 Å². The van der Waals surface area contributed by atoms with Gasteiger partial charge in [-0.1, -0.05) is 31.9 Å². The SMILES string of the molecule is CC1CCCC(SCc2cccc([N+](=O)[O-])c2F)C1. The predicted octanol–water partition coefficient (Wildman–Crippen LogP) is 4.55. The lowest BCUT2D eigenvalue weighted by Crippen LogP contribution is -2.15. The topological polar surface area (TPSA) is 43.1 Å². The van der Waals surface area contributed by atoms with Crippen molar-refractivity contribution in [2.24, 2.45) is 5.92 Å². The molecule has 3 nitrogen and oxygen atoms in total. The highest BCUT2D eigenvalue weighted by atomic mass is 32.2. The standard InChI is InChI=1S/C14H18FNO2S/c1-10-4-2-6-12(8-10)19-9-11-5-3-7-13(14(11)15)16(17)18/h3,5,7,10,12H,2,4,6,8-9H2,1H3. The van der Waals surface area contributed by atoms with Gasteiger partial charge in [0.15, 0.2) is 0 Å². The largest absolute Gasteiger partial charge is 0.305 e. The summed E-state index contributed by atoms with van der Waals surface area (Å²) in [5.74, 6) is 0.579. The molecule has 2 atom stereocenters. The zero-order valence-electron chi connectivity index (χ0n) is 11.0. The average Bonchev–Trinajstić information content (AvgIpc) is 2.37. The first-order valence-electron chi connectivity index (χ1n) is 6.61. The van der Waals surface area contributed by atoms with Crippen molar-refractivity contribution in [3.05, 3.63) is 39.7 Å². The van der Waals surface area contributed by atoms with Gasteiger partial charge in [-0.25, -0.2) is 0 Å². The first-order chi connectivity index (χ1) is 9.08. The predicted molar refractivity (Wildman–Crippen MR) is 75.8 cm³/mol. The second-order valence-electron chi connectivity index (χ2n) is 5.21. The smallest absolute Gasteiger partial charge is 0.258 e. The molecule has 104 valence electrons. The van der Waals surface area contributed by atoms with Gasteiger partial charge in [0.25, 0.3) is 0 Å². The Morgan fingerprint density at radius 3 is 2.95 bits per heavy atom. The van der Waals surface area contributed by atoms with E-state index in [1.807, 2.05) is 0 Å². The molecule has 0 saturated heterocycles. The minimum absolute atomic E-state index is 0.421. The van der Waals surface area contributed by atoms with Crippen molar-refractivity contribution in [1.29, 1.82) is 0 Å². The van der Waals surface area contributed by atoms with Gasteiger partial charge in [-0.3, -0.25) is 10.1 Å². The summed E-state index contributed by atoms with van der Waals surface area (Å²) in [6.45, 7) is 2.25. The first kappa shape index (κ1) is 14.3. The zero-order valence-corrected chi connectivity index (χ0v) is 11.8. The molecule has 0 heterocycles. The van der Waals surface area contributed by atoms with Crippen LogP contribution in [-0.2, 0) is 5.75 Å². The van der Waals surface area contributed by atoms with Gasteiger partial charge in [0, 0.05) is 22.6 Å².